The van der Waals surface area contributed by atoms with Crippen molar-refractivity contribution >= 4 is 51.9 Å². The first kappa shape index (κ1) is 23.8. The van der Waals surface area contributed by atoms with Gasteiger partial charge in [-0.15, -0.1) is 11.3 Å². The largest absolute Gasteiger partial charge is 0.451 e. The molecule has 5 nitrogen and oxygen atoms in total. The van der Waals surface area contributed by atoms with Gasteiger partial charge in [-0.2, -0.15) is 26.3 Å². The molecule has 3 heterocycles. The van der Waals surface area contributed by atoms with Gasteiger partial charge in [0.15, 0.2) is 11.4 Å². The second-order valence-electron chi connectivity index (χ2n) is 5.93. The van der Waals surface area contributed by atoms with Gasteiger partial charge in [0.25, 0.3) is 0 Å². The molecule has 1 N–H and O–H groups in total. The van der Waals surface area contributed by atoms with Crippen LogP contribution in [0.5, 0.6) is 0 Å². The Morgan fingerprint density at radius 1 is 1.10 bits per heavy atom. The number of hydrogen-bond acceptors (Lipinski definition) is 8. The maximum Gasteiger partial charge on any atom is 0.451 e. The molecule has 3 aromatic heterocycles. The van der Waals surface area contributed by atoms with Crippen molar-refractivity contribution in [1.29, 1.82) is 0 Å². The summed E-state index contributed by atoms with van der Waals surface area (Å²) >= 11 is 2.45. The second kappa shape index (κ2) is 9.71. The summed E-state index contributed by atoms with van der Waals surface area (Å²) in [6.45, 7) is 0.142. The summed E-state index contributed by atoms with van der Waals surface area (Å²) in [5, 5.41) is 0.284. The van der Waals surface area contributed by atoms with E-state index in [-0.39, 0.29) is 28.8 Å². The molecule has 0 aliphatic rings. The average Bonchev–Trinajstić information content (AvgIpc) is 3.16. The minimum absolute atomic E-state index is 0.0132. The van der Waals surface area contributed by atoms with Crippen LogP contribution in [0.25, 0.3) is 11.0 Å². The molecule has 0 saturated heterocycles. The molecule has 14 heteroatoms. The highest BCUT2D eigenvalue weighted by Crippen LogP contribution is 2.32. The fourth-order valence-electron chi connectivity index (χ4n) is 2.25. The average molecular weight is 498 g/mol. The Morgan fingerprint density at radius 3 is 2.58 bits per heavy atom. The normalized spacial score (nSPS) is 12.5. The number of ketones is 1. The predicted octanol–water partition coefficient (Wildman–Crippen LogP) is 5.38. The first-order valence-electron chi connectivity index (χ1n) is 8.39. The maximum absolute atomic E-state index is 13.1. The Hall–Kier alpha value is -1.90. The number of thioether (sulfide) groups is 1. The zero-order valence-corrected chi connectivity index (χ0v) is 17.7. The van der Waals surface area contributed by atoms with Crippen LogP contribution in [0, 0.1) is 0 Å². The third-order valence-corrected chi connectivity index (χ3v) is 6.49. The monoisotopic (exact) mass is 498 g/mol. The number of alkyl halides is 6. The van der Waals surface area contributed by atoms with Crippen LogP contribution in [-0.4, -0.2) is 38.4 Å². The molecule has 3 rings (SSSR count). The third kappa shape index (κ3) is 6.79. The summed E-state index contributed by atoms with van der Waals surface area (Å²) in [5.41, 5.74) is -0.124. The van der Waals surface area contributed by atoms with Gasteiger partial charge in [0.2, 0.25) is 5.82 Å². The molecule has 166 valence electrons. The van der Waals surface area contributed by atoms with E-state index >= 15 is 0 Å². The zero-order chi connectivity index (χ0) is 22.6. The molecule has 3 aromatic rings. The minimum Gasteiger partial charge on any atom is -0.292 e. The van der Waals surface area contributed by atoms with Gasteiger partial charge in [0.05, 0.1) is 16.0 Å². The number of thiophene rings is 1. The topological polar surface area (TPSA) is 67.8 Å². The van der Waals surface area contributed by atoms with Crippen LogP contribution in [0.1, 0.15) is 20.4 Å². The van der Waals surface area contributed by atoms with E-state index in [2.05, 4.69) is 19.7 Å². The highest BCUT2D eigenvalue weighted by molar-refractivity contribution is 8.00. The molecule has 0 fully saturated rings. The Balaban J connectivity index is 1.65. The van der Waals surface area contributed by atoms with Crippen LogP contribution < -0.4 is 4.72 Å². The van der Waals surface area contributed by atoms with E-state index in [9.17, 15) is 31.1 Å². The van der Waals surface area contributed by atoms with Crippen molar-refractivity contribution in [1.82, 2.24) is 19.7 Å². The summed E-state index contributed by atoms with van der Waals surface area (Å²) < 4.78 is 78.1. The highest BCUT2D eigenvalue weighted by atomic mass is 32.2. The van der Waals surface area contributed by atoms with Gasteiger partial charge in [-0.1, -0.05) is 23.7 Å². The number of nitrogens with zero attached hydrogens (tertiary/aromatic N) is 3. The van der Waals surface area contributed by atoms with E-state index < -0.39 is 23.9 Å². The number of carbonyl (C=O) groups is 1. The molecule has 0 aromatic carbocycles. The second-order valence-corrected chi connectivity index (χ2v) is 8.93. The van der Waals surface area contributed by atoms with Crippen LogP contribution in [0.4, 0.5) is 26.3 Å². The third-order valence-electron chi connectivity index (χ3n) is 3.55. The Bertz CT molecular complexity index is 1070. The predicted molar refractivity (Wildman–Crippen MR) is 107 cm³/mol. The number of fused-ring (bicyclic) bond motifs is 1. The Morgan fingerprint density at radius 2 is 1.87 bits per heavy atom. The lowest BCUT2D eigenvalue weighted by Gasteiger charge is -2.09. The Labute approximate surface area is 184 Å². The van der Waals surface area contributed by atoms with Gasteiger partial charge < -0.3 is 0 Å². The van der Waals surface area contributed by atoms with Crippen LogP contribution in [0.15, 0.2) is 35.5 Å². The molecule has 0 spiro atoms. The van der Waals surface area contributed by atoms with E-state index in [4.69, 9.17) is 0 Å². The molecule has 0 bridgehead atoms. The molecule has 0 saturated carbocycles. The molecular weight excluding hydrogens is 486 g/mol. The van der Waals surface area contributed by atoms with Crippen LogP contribution in [0.3, 0.4) is 0 Å². The van der Waals surface area contributed by atoms with Crippen molar-refractivity contribution in [3.63, 3.8) is 0 Å². The van der Waals surface area contributed by atoms with E-state index in [1.54, 1.807) is 6.07 Å². The lowest BCUT2D eigenvalue weighted by Crippen LogP contribution is -2.15. The summed E-state index contributed by atoms with van der Waals surface area (Å²) in [7, 11) is 0. The van der Waals surface area contributed by atoms with Crippen LogP contribution >= 0.6 is 35.0 Å². The van der Waals surface area contributed by atoms with E-state index in [1.807, 2.05) is 0 Å². The molecule has 0 aliphatic carbocycles. The fraction of sp³-hybridized carbons (Fsp3) is 0.294. The molecule has 0 amide bonds. The lowest BCUT2D eigenvalue weighted by atomic mass is 10.3. The lowest BCUT2D eigenvalue weighted by molar-refractivity contribution is -0.145. The minimum atomic E-state index is -4.76. The van der Waals surface area contributed by atoms with Crippen molar-refractivity contribution in [3.8, 4) is 0 Å². The molecular formula is C17H12F6N4OS3. The molecule has 0 aliphatic heterocycles. The number of pyridine rings is 1. The van der Waals surface area contributed by atoms with Gasteiger partial charge in [-0.25, -0.2) is 15.0 Å². The quantitative estimate of drug-likeness (QED) is 0.112. The van der Waals surface area contributed by atoms with Crippen molar-refractivity contribution in [2.45, 2.75) is 23.9 Å². The number of halogens is 6. The van der Waals surface area contributed by atoms with Crippen molar-refractivity contribution in [2.24, 2.45) is 0 Å². The summed E-state index contributed by atoms with van der Waals surface area (Å²) in [5.74, 6) is -2.89. The Kier molecular flexibility index (Phi) is 7.44. The van der Waals surface area contributed by atoms with Crippen molar-refractivity contribution in [3.05, 3.63) is 46.0 Å². The van der Waals surface area contributed by atoms with Gasteiger partial charge in [0, 0.05) is 17.6 Å². The number of rotatable bonds is 8. The van der Waals surface area contributed by atoms with E-state index in [0.717, 1.165) is 23.1 Å². The number of aromatic nitrogens is 3. The maximum atomic E-state index is 13.1. The highest BCUT2D eigenvalue weighted by Gasteiger charge is 2.36. The molecule has 0 radical (unpaired) electrons. The zero-order valence-electron chi connectivity index (χ0n) is 15.3. The SMILES string of the molecule is O=C(CSc1nc(C(F)(F)F)nc2ncccc12)c1ccc(CNSCC(F)(F)F)s1. The van der Waals surface area contributed by atoms with E-state index in [1.165, 1.54) is 24.4 Å². The molecule has 0 atom stereocenters. The van der Waals surface area contributed by atoms with Gasteiger partial charge in [-0.05, 0) is 24.3 Å². The van der Waals surface area contributed by atoms with E-state index in [0.29, 0.717) is 27.1 Å². The summed E-state index contributed by atoms with van der Waals surface area (Å²) in [4.78, 5) is 24.2. The summed E-state index contributed by atoms with van der Waals surface area (Å²) in [6.07, 6.45) is -7.73. The number of nitrogens with one attached hydrogen (secondary N) is 1. The first-order chi connectivity index (χ1) is 14.5. The molecule has 0 unspecified atom stereocenters. The van der Waals surface area contributed by atoms with Crippen LogP contribution in [-0.2, 0) is 12.7 Å². The molecule has 31 heavy (non-hydrogen) atoms. The first-order valence-corrected chi connectivity index (χ1v) is 11.2. The number of carbonyl (C=O) groups excluding carboxylic acids is 1. The summed E-state index contributed by atoms with van der Waals surface area (Å²) in [6, 6.07) is 6.18. The fourth-order valence-corrected chi connectivity index (χ4v) is 4.73. The smallest absolute Gasteiger partial charge is 0.292 e. The number of Topliss-reactive ketones (excluding diaryl/α,β-unsaturated/α-hetero) is 1. The van der Waals surface area contributed by atoms with Gasteiger partial charge >= 0.3 is 12.4 Å². The van der Waals surface area contributed by atoms with Crippen molar-refractivity contribution < 1.29 is 31.1 Å². The standard InChI is InChI=1S/C17H12F6N4OS3/c18-16(19,20)8-30-25-6-9-3-4-12(31-9)11(28)7-29-14-10-2-1-5-24-13(10)26-15(27-14)17(21,22)23/h1-5,25H,6-8H2. The van der Waals surface area contributed by atoms with Crippen LogP contribution in [0.2, 0.25) is 0 Å². The number of hydrogen-bond donors (Lipinski definition) is 1. The van der Waals surface area contributed by atoms with Gasteiger partial charge in [-0.3, -0.25) is 9.52 Å². The van der Waals surface area contributed by atoms with Crippen molar-refractivity contribution in [2.75, 3.05) is 11.5 Å². The van der Waals surface area contributed by atoms with Gasteiger partial charge in [0.1, 0.15) is 10.8 Å².